The molecule has 1 rings (SSSR count). The zero-order valence-electron chi connectivity index (χ0n) is 7.66. The molecule has 1 aromatic carbocycles. The Kier molecular flexibility index (Phi) is 3.65. The van der Waals surface area contributed by atoms with Gasteiger partial charge in [0.2, 0.25) is 0 Å². The summed E-state index contributed by atoms with van der Waals surface area (Å²) < 4.78 is 0. The van der Waals surface area contributed by atoms with E-state index in [0.717, 1.165) is 16.2 Å². The van der Waals surface area contributed by atoms with Crippen LogP contribution in [0, 0.1) is 0 Å². The van der Waals surface area contributed by atoms with E-state index >= 15 is 0 Å². The van der Waals surface area contributed by atoms with Gasteiger partial charge >= 0.3 is 0 Å². The summed E-state index contributed by atoms with van der Waals surface area (Å²) in [6, 6.07) is 7.75. The SMILES string of the molecule is C=C(S/C=C\C)c1ccccc1N. The number of nitrogen functional groups attached to an aromatic ring is 1. The van der Waals surface area contributed by atoms with Crippen LogP contribution in [-0.2, 0) is 0 Å². The van der Waals surface area contributed by atoms with Crippen LogP contribution in [0.1, 0.15) is 12.5 Å². The highest BCUT2D eigenvalue weighted by Gasteiger charge is 2.00. The van der Waals surface area contributed by atoms with E-state index < -0.39 is 0 Å². The van der Waals surface area contributed by atoms with Crippen molar-refractivity contribution in [1.82, 2.24) is 0 Å². The minimum absolute atomic E-state index is 0.782. The Balaban J connectivity index is 2.83. The molecular formula is C11H13NS. The fraction of sp³-hybridized carbons (Fsp3) is 0.0909. The first-order valence-corrected chi connectivity index (χ1v) is 4.95. The molecule has 68 valence electrons. The molecule has 2 N–H and O–H groups in total. The quantitative estimate of drug-likeness (QED) is 0.740. The normalized spacial score (nSPS) is 10.5. The number of hydrogen-bond donors (Lipinski definition) is 1. The molecule has 0 atom stereocenters. The standard InChI is InChI=1S/C11H13NS/c1-3-8-13-9(2)10-6-4-5-7-11(10)12/h3-8H,2,12H2,1H3/b8-3-. The fourth-order valence-electron chi connectivity index (χ4n) is 0.965. The number of thioether (sulfide) groups is 1. The molecule has 0 bridgehead atoms. The number of benzene rings is 1. The molecule has 0 radical (unpaired) electrons. The molecule has 0 amide bonds. The molecule has 0 unspecified atom stereocenters. The highest BCUT2D eigenvalue weighted by molar-refractivity contribution is 8.10. The van der Waals surface area contributed by atoms with Gasteiger partial charge in [-0.3, -0.25) is 0 Å². The maximum Gasteiger partial charge on any atom is 0.0398 e. The summed E-state index contributed by atoms with van der Waals surface area (Å²) in [6.45, 7) is 5.94. The van der Waals surface area contributed by atoms with Gasteiger partial charge in [-0.2, -0.15) is 0 Å². The molecule has 0 fully saturated rings. The number of anilines is 1. The first-order chi connectivity index (χ1) is 6.25. The molecule has 0 saturated carbocycles. The van der Waals surface area contributed by atoms with Gasteiger partial charge in [0.15, 0.2) is 0 Å². The lowest BCUT2D eigenvalue weighted by atomic mass is 10.2. The Morgan fingerprint density at radius 3 is 2.77 bits per heavy atom. The van der Waals surface area contributed by atoms with Gasteiger partial charge in [-0.25, -0.2) is 0 Å². The molecule has 0 spiro atoms. The molecule has 0 saturated heterocycles. The van der Waals surface area contributed by atoms with Crippen molar-refractivity contribution in [1.29, 1.82) is 0 Å². The molecule has 0 aromatic heterocycles. The fourth-order valence-corrected chi connectivity index (χ4v) is 1.58. The molecule has 0 heterocycles. The first kappa shape index (κ1) is 9.93. The Morgan fingerprint density at radius 1 is 1.46 bits per heavy atom. The topological polar surface area (TPSA) is 26.0 Å². The predicted octanol–water partition coefficient (Wildman–Crippen LogP) is 3.51. The monoisotopic (exact) mass is 191 g/mol. The Morgan fingerprint density at radius 2 is 2.15 bits per heavy atom. The van der Waals surface area contributed by atoms with Crippen LogP contribution in [0.15, 0.2) is 42.3 Å². The van der Waals surface area contributed by atoms with Crippen molar-refractivity contribution in [2.45, 2.75) is 6.92 Å². The third kappa shape index (κ3) is 2.67. The molecule has 0 aliphatic rings. The highest BCUT2D eigenvalue weighted by Crippen LogP contribution is 2.29. The van der Waals surface area contributed by atoms with E-state index in [9.17, 15) is 0 Å². The smallest absolute Gasteiger partial charge is 0.0398 e. The number of nitrogens with two attached hydrogens (primary N) is 1. The summed E-state index contributed by atoms with van der Waals surface area (Å²) >= 11 is 1.59. The lowest BCUT2D eigenvalue weighted by Crippen LogP contribution is -1.89. The van der Waals surface area contributed by atoms with E-state index in [4.69, 9.17) is 5.73 Å². The lowest BCUT2D eigenvalue weighted by Gasteiger charge is -2.05. The van der Waals surface area contributed by atoms with Crippen LogP contribution in [0.25, 0.3) is 4.91 Å². The van der Waals surface area contributed by atoms with Gasteiger partial charge < -0.3 is 5.73 Å². The maximum atomic E-state index is 5.79. The van der Waals surface area contributed by atoms with Gasteiger partial charge in [0.1, 0.15) is 0 Å². The van der Waals surface area contributed by atoms with E-state index in [1.807, 2.05) is 42.7 Å². The van der Waals surface area contributed by atoms with E-state index in [2.05, 4.69) is 6.58 Å². The van der Waals surface area contributed by atoms with Crippen LogP contribution in [0.3, 0.4) is 0 Å². The van der Waals surface area contributed by atoms with Crippen LogP contribution < -0.4 is 5.73 Å². The van der Waals surface area contributed by atoms with Crippen molar-refractivity contribution in [2.75, 3.05) is 5.73 Å². The minimum atomic E-state index is 0.782. The van der Waals surface area contributed by atoms with Crippen molar-refractivity contribution < 1.29 is 0 Å². The van der Waals surface area contributed by atoms with Gasteiger partial charge in [0.25, 0.3) is 0 Å². The van der Waals surface area contributed by atoms with Crippen molar-refractivity contribution in [3.8, 4) is 0 Å². The second-order valence-electron chi connectivity index (χ2n) is 2.60. The first-order valence-electron chi connectivity index (χ1n) is 4.07. The maximum absolute atomic E-state index is 5.79. The third-order valence-electron chi connectivity index (χ3n) is 1.61. The average Bonchev–Trinajstić information content (AvgIpc) is 2.15. The third-order valence-corrected chi connectivity index (χ3v) is 2.52. The number of para-hydroxylation sites is 1. The predicted molar refractivity (Wildman–Crippen MR) is 62.3 cm³/mol. The average molecular weight is 191 g/mol. The highest BCUT2D eigenvalue weighted by atomic mass is 32.2. The summed E-state index contributed by atoms with van der Waals surface area (Å²) in [5.74, 6) is 0. The second kappa shape index (κ2) is 4.77. The summed E-state index contributed by atoms with van der Waals surface area (Å²) in [4.78, 5) is 0.983. The Hall–Kier alpha value is -1.15. The van der Waals surface area contributed by atoms with Crippen molar-refractivity contribution in [3.63, 3.8) is 0 Å². The largest absolute Gasteiger partial charge is 0.398 e. The second-order valence-corrected chi connectivity index (χ2v) is 3.60. The van der Waals surface area contributed by atoms with E-state index in [0.29, 0.717) is 0 Å². The molecular weight excluding hydrogens is 178 g/mol. The van der Waals surface area contributed by atoms with Gasteiger partial charge in [0, 0.05) is 16.2 Å². The summed E-state index contributed by atoms with van der Waals surface area (Å²) in [6.07, 6.45) is 1.98. The number of hydrogen-bond acceptors (Lipinski definition) is 2. The lowest BCUT2D eigenvalue weighted by molar-refractivity contribution is 1.64. The molecule has 1 aromatic rings. The zero-order valence-corrected chi connectivity index (χ0v) is 8.47. The van der Waals surface area contributed by atoms with E-state index in [1.54, 1.807) is 11.8 Å². The van der Waals surface area contributed by atoms with Crippen LogP contribution in [-0.4, -0.2) is 0 Å². The summed E-state index contributed by atoms with van der Waals surface area (Å²) in [7, 11) is 0. The van der Waals surface area contributed by atoms with Crippen molar-refractivity contribution in [3.05, 3.63) is 47.9 Å². The van der Waals surface area contributed by atoms with Crippen LogP contribution >= 0.6 is 11.8 Å². The van der Waals surface area contributed by atoms with Gasteiger partial charge in [0.05, 0.1) is 0 Å². The van der Waals surface area contributed by atoms with Crippen LogP contribution in [0.2, 0.25) is 0 Å². The van der Waals surface area contributed by atoms with E-state index in [-0.39, 0.29) is 0 Å². The molecule has 13 heavy (non-hydrogen) atoms. The molecule has 1 nitrogen and oxygen atoms in total. The van der Waals surface area contributed by atoms with Crippen molar-refractivity contribution >= 4 is 22.4 Å². The minimum Gasteiger partial charge on any atom is -0.398 e. The van der Waals surface area contributed by atoms with Gasteiger partial charge in [-0.1, -0.05) is 42.6 Å². The Bertz CT molecular complexity index is 329. The van der Waals surface area contributed by atoms with E-state index in [1.165, 1.54) is 0 Å². The van der Waals surface area contributed by atoms with Gasteiger partial charge in [-0.15, -0.1) is 0 Å². The van der Waals surface area contributed by atoms with Crippen molar-refractivity contribution in [2.24, 2.45) is 0 Å². The van der Waals surface area contributed by atoms with Crippen LogP contribution in [0.5, 0.6) is 0 Å². The Labute approximate surface area is 83.3 Å². The number of rotatable bonds is 3. The molecule has 2 heteroatoms. The zero-order chi connectivity index (χ0) is 9.68. The molecule has 0 aliphatic heterocycles. The molecule has 0 aliphatic carbocycles. The summed E-state index contributed by atoms with van der Waals surface area (Å²) in [5, 5.41) is 1.99. The summed E-state index contributed by atoms with van der Waals surface area (Å²) in [5.41, 5.74) is 7.60. The number of allylic oxidation sites excluding steroid dienone is 1. The van der Waals surface area contributed by atoms with Crippen LogP contribution in [0.4, 0.5) is 5.69 Å². The van der Waals surface area contributed by atoms with Gasteiger partial charge in [-0.05, 0) is 18.4 Å².